The number of carbonyl (C=O) groups is 1. The maximum atomic E-state index is 12.3. The Kier molecular flexibility index (Phi) is 6.21. The first-order chi connectivity index (χ1) is 14.2. The molecule has 0 saturated carbocycles. The van der Waals surface area contributed by atoms with Crippen LogP contribution < -0.4 is 5.32 Å². The molecular formula is C21H23N5O2S. The molecule has 0 spiro atoms. The quantitative estimate of drug-likeness (QED) is 0.604. The normalized spacial score (nSPS) is 16.1. The summed E-state index contributed by atoms with van der Waals surface area (Å²) < 4.78 is 7.52. The van der Waals surface area contributed by atoms with Gasteiger partial charge in [-0.25, -0.2) is 0 Å². The number of nitrogens with one attached hydrogen (secondary N) is 1. The van der Waals surface area contributed by atoms with Crippen LogP contribution in [0.25, 0.3) is 17.1 Å². The summed E-state index contributed by atoms with van der Waals surface area (Å²) in [6.07, 6.45) is 5.69. The van der Waals surface area contributed by atoms with Crippen LogP contribution in [0.3, 0.4) is 0 Å². The number of aromatic nitrogens is 4. The summed E-state index contributed by atoms with van der Waals surface area (Å²) in [5.41, 5.74) is 2.99. The lowest BCUT2D eigenvalue weighted by molar-refractivity contribution is -0.119. The second-order valence-electron chi connectivity index (χ2n) is 6.95. The molecule has 1 fully saturated rings. The zero-order chi connectivity index (χ0) is 20.1. The van der Waals surface area contributed by atoms with Crippen LogP contribution in [0.5, 0.6) is 0 Å². The fourth-order valence-corrected chi connectivity index (χ4v) is 3.97. The fraction of sp³-hybridized carbons (Fsp3) is 0.333. The van der Waals surface area contributed by atoms with Gasteiger partial charge in [0.15, 0.2) is 11.0 Å². The third-order valence-electron chi connectivity index (χ3n) is 4.73. The molecule has 1 saturated heterocycles. The number of thioether (sulfide) groups is 1. The molecule has 29 heavy (non-hydrogen) atoms. The Morgan fingerprint density at radius 3 is 2.86 bits per heavy atom. The molecule has 150 valence electrons. The van der Waals surface area contributed by atoms with Gasteiger partial charge in [0, 0.05) is 36.8 Å². The molecule has 1 unspecified atom stereocenters. The predicted molar refractivity (Wildman–Crippen MR) is 112 cm³/mol. The van der Waals surface area contributed by atoms with Crippen molar-refractivity contribution in [2.45, 2.75) is 31.0 Å². The average molecular weight is 410 g/mol. The standard InChI is InChI=1S/C21H23N5O2S/c1-15-6-8-17(9-7-15)26-20(16-4-2-10-22-12-16)24-25-21(26)29-14-19(27)23-13-18-5-3-11-28-18/h2,4,6-10,12,18H,3,5,11,13-14H2,1H3,(H,23,27). The van der Waals surface area contributed by atoms with Crippen molar-refractivity contribution in [3.63, 3.8) is 0 Å². The SMILES string of the molecule is Cc1ccc(-n2c(SCC(=O)NCC3CCCO3)nnc2-c2cccnc2)cc1. The molecule has 1 atom stereocenters. The summed E-state index contributed by atoms with van der Waals surface area (Å²) in [6.45, 7) is 3.39. The number of pyridine rings is 1. The summed E-state index contributed by atoms with van der Waals surface area (Å²) >= 11 is 1.37. The Hall–Kier alpha value is -2.71. The smallest absolute Gasteiger partial charge is 0.230 e. The van der Waals surface area contributed by atoms with E-state index in [9.17, 15) is 4.79 Å². The van der Waals surface area contributed by atoms with E-state index < -0.39 is 0 Å². The van der Waals surface area contributed by atoms with Crippen LogP contribution >= 0.6 is 11.8 Å². The van der Waals surface area contributed by atoms with Gasteiger partial charge >= 0.3 is 0 Å². The Bertz CT molecular complexity index is 953. The van der Waals surface area contributed by atoms with Crippen LogP contribution in [0.1, 0.15) is 18.4 Å². The van der Waals surface area contributed by atoms with Crippen molar-refractivity contribution in [1.82, 2.24) is 25.1 Å². The average Bonchev–Trinajstić information content (AvgIpc) is 3.42. The number of aryl methyl sites for hydroxylation is 1. The van der Waals surface area contributed by atoms with Gasteiger partial charge < -0.3 is 10.1 Å². The van der Waals surface area contributed by atoms with E-state index in [-0.39, 0.29) is 17.8 Å². The molecule has 1 aliphatic heterocycles. The van der Waals surface area contributed by atoms with Crippen molar-refractivity contribution in [1.29, 1.82) is 0 Å². The van der Waals surface area contributed by atoms with E-state index >= 15 is 0 Å². The maximum Gasteiger partial charge on any atom is 0.230 e. The summed E-state index contributed by atoms with van der Waals surface area (Å²) in [7, 11) is 0. The number of nitrogens with zero attached hydrogens (tertiary/aromatic N) is 4. The number of carbonyl (C=O) groups excluding carboxylic acids is 1. The number of amides is 1. The molecule has 8 heteroatoms. The summed E-state index contributed by atoms with van der Waals surface area (Å²) in [5.74, 6) is 0.931. The van der Waals surface area contributed by atoms with Crippen LogP contribution in [0.2, 0.25) is 0 Å². The lowest BCUT2D eigenvalue weighted by Gasteiger charge is -2.12. The Morgan fingerprint density at radius 1 is 1.28 bits per heavy atom. The van der Waals surface area contributed by atoms with E-state index in [1.807, 2.05) is 47.9 Å². The lowest BCUT2D eigenvalue weighted by atomic mass is 10.2. The Morgan fingerprint density at radius 2 is 2.14 bits per heavy atom. The molecule has 4 rings (SSSR count). The van der Waals surface area contributed by atoms with Crippen LogP contribution in [-0.4, -0.2) is 50.7 Å². The van der Waals surface area contributed by atoms with Crippen molar-refractivity contribution in [3.05, 3.63) is 54.4 Å². The Labute approximate surface area is 173 Å². The first-order valence-corrected chi connectivity index (χ1v) is 10.6. The van der Waals surface area contributed by atoms with Gasteiger partial charge in [-0.2, -0.15) is 0 Å². The summed E-state index contributed by atoms with van der Waals surface area (Å²) in [5, 5.41) is 12.3. The van der Waals surface area contributed by atoms with Crippen LogP contribution in [-0.2, 0) is 9.53 Å². The number of hydrogen-bond donors (Lipinski definition) is 1. The molecule has 0 aliphatic carbocycles. The van der Waals surface area contributed by atoms with E-state index in [2.05, 4.69) is 20.5 Å². The first kappa shape index (κ1) is 19.6. The predicted octanol–water partition coefficient (Wildman–Crippen LogP) is 3.03. The van der Waals surface area contributed by atoms with Gasteiger partial charge in [-0.15, -0.1) is 10.2 Å². The number of benzene rings is 1. The summed E-state index contributed by atoms with van der Waals surface area (Å²) in [6, 6.07) is 12.0. The van der Waals surface area contributed by atoms with Gasteiger partial charge in [0.1, 0.15) is 0 Å². The van der Waals surface area contributed by atoms with Gasteiger partial charge in [-0.05, 0) is 44.0 Å². The molecule has 1 N–H and O–H groups in total. The minimum atomic E-state index is -0.0353. The van der Waals surface area contributed by atoms with Crippen LogP contribution in [0.15, 0.2) is 53.9 Å². The molecule has 1 aromatic carbocycles. The minimum Gasteiger partial charge on any atom is -0.376 e. The molecule has 7 nitrogen and oxygen atoms in total. The molecule has 1 amide bonds. The van der Waals surface area contributed by atoms with Crippen molar-refractivity contribution in [2.75, 3.05) is 18.9 Å². The van der Waals surface area contributed by atoms with Crippen molar-refractivity contribution >= 4 is 17.7 Å². The number of rotatable bonds is 7. The van der Waals surface area contributed by atoms with E-state index in [1.165, 1.54) is 17.3 Å². The van der Waals surface area contributed by atoms with Crippen LogP contribution in [0, 0.1) is 6.92 Å². The molecule has 2 aromatic heterocycles. The van der Waals surface area contributed by atoms with Crippen molar-refractivity contribution in [3.8, 4) is 17.1 Å². The fourth-order valence-electron chi connectivity index (χ4n) is 3.19. The monoisotopic (exact) mass is 409 g/mol. The van der Waals surface area contributed by atoms with Gasteiger partial charge in [-0.1, -0.05) is 29.5 Å². The van der Waals surface area contributed by atoms with Crippen molar-refractivity contribution in [2.24, 2.45) is 0 Å². The van der Waals surface area contributed by atoms with Crippen LogP contribution in [0.4, 0.5) is 0 Å². The highest BCUT2D eigenvalue weighted by Crippen LogP contribution is 2.27. The highest BCUT2D eigenvalue weighted by molar-refractivity contribution is 7.99. The third kappa shape index (κ3) is 4.83. The molecule has 1 aliphatic rings. The lowest BCUT2D eigenvalue weighted by Crippen LogP contribution is -2.32. The molecular weight excluding hydrogens is 386 g/mol. The van der Waals surface area contributed by atoms with E-state index in [1.54, 1.807) is 12.4 Å². The minimum absolute atomic E-state index is 0.0353. The van der Waals surface area contributed by atoms with Gasteiger partial charge in [0.25, 0.3) is 0 Å². The maximum absolute atomic E-state index is 12.3. The molecule has 0 bridgehead atoms. The van der Waals surface area contributed by atoms with Gasteiger partial charge in [0.2, 0.25) is 5.91 Å². The first-order valence-electron chi connectivity index (χ1n) is 9.64. The molecule has 3 aromatic rings. The largest absolute Gasteiger partial charge is 0.376 e. The zero-order valence-corrected chi connectivity index (χ0v) is 17.1. The number of hydrogen-bond acceptors (Lipinski definition) is 6. The van der Waals surface area contributed by atoms with Gasteiger partial charge in [0.05, 0.1) is 11.9 Å². The van der Waals surface area contributed by atoms with E-state index in [4.69, 9.17) is 4.74 Å². The second kappa shape index (κ2) is 9.19. The number of ether oxygens (including phenoxy) is 1. The zero-order valence-electron chi connectivity index (χ0n) is 16.2. The van der Waals surface area contributed by atoms with E-state index in [0.29, 0.717) is 17.5 Å². The summed E-state index contributed by atoms with van der Waals surface area (Å²) in [4.78, 5) is 16.5. The molecule has 0 radical (unpaired) electrons. The van der Waals surface area contributed by atoms with E-state index in [0.717, 1.165) is 30.7 Å². The second-order valence-corrected chi connectivity index (χ2v) is 7.89. The Balaban J connectivity index is 1.52. The molecule has 3 heterocycles. The third-order valence-corrected chi connectivity index (χ3v) is 5.66. The highest BCUT2D eigenvalue weighted by Gasteiger charge is 2.19. The highest BCUT2D eigenvalue weighted by atomic mass is 32.2. The van der Waals surface area contributed by atoms with Gasteiger partial charge in [-0.3, -0.25) is 14.3 Å². The topological polar surface area (TPSA) is 81.9 Å². The van der Waals surface area contributed by atoms with Crippen molar-refractivity contribution < 1.29 is 9.53 Å².